The summed E-state index contributed by atoms with van der Waals surface area (Å²) in [5, 5.41) is 9.09. The van der Waals surface area contributed by atoms with Gasteiger partial charge in [0.25, 0.3) is 0 Å². The van der Waals surface area contributed by atoms with Gasteiger partial charge in [0, 0.05) is 13.5 Å². The lowest BCUT2D eigenvalue weighted by Gasteiger charge is -2.07. The summed E-state index contributed by atoms with van der Waals surface area (Å²) < 4.78 is 2.03. The van der Waals surface area contributed by atoms with Crippen molar-refractivity contribution in [3.05, 3.63) is 65.0 Å². The van der Waals surface area contributed by atoms with Crippen LogP contribution in [0.2, 0.25) is 0 Å². The van der Waals surface area contributed by atoms with Gasteiger partial charge in [-0.3, -0.25) is 0 Å². The highest BCUT2D eigenvalue weighted by atomic mass is 16.4. The van der Waals surface area contributed by atoms with Crippen LogP contribution < -0.4 is 0 Å². The van der Waals surface area contributed by atoms with Gasteiger partial charge in [-0.1, -0.05) is 38.1 Å². The van der Waals surface area contributed by atoms with Crippen LogP contribution in [0.5, 0.6) is 0 Å². The molecule has 0 aliphatic heterocycles. The smallest absolute Gasteiger partial charge is 0.335 e. The van der Waals surface area contributed by atoms with Gasteiger partial charge < -0.3 is 9.67 Å². The molecule has 0 amide bonds. The minimum absolute atomic E-state index is 0.267. The van der Waals surface area contributed by atoms with Crippen LogP contribution in [-0.4, -0.2) is 20.6 Å². The van der Waals surface area contributed by atoms with Gasteiger partial charge in [-0.2, -0.15) is 0 Å². The Hall–Kier alpha value is -2.62. The maximum absolute atomic E-state index is 11.1. The minimum atomic E-state index is -0.927. The molecule has 0 saturated carbocycles. The number of aromatic nitrogens is 2. The van der Waals surface area contributed by atoms with Crippen molar-refractivity contribution in [1.29, 1.82) is 0 Å². The Bertz CT molecular complexity index is 861. The number of carboxylic acid groups (broad SMARTS) is 1. The molecule has 0 radical (unpaired) electrons. The number of carbonyl (C=O) groups is 1. The summed E-state index contributed by atoms with van der Waals surface area (Å²) >= 11 is 0. The van der Waals surface area contributed by atoms with Crippen molar-refractivity contribution in [1.82, 2.24) is 9.55 Å². The van der Waals surface area contributed by atoms with Crippen molar-refractivity contribution >= 4 is 17.0 Å². The maximum Gasteiger partial charge on any atom is 0.335 e. The fourth-order valence-corrected chi connectivity index (χ4v) is 2.74. The summed E-state index contributed by atoms with van der Waals surface area (Å²) in [7, 11) is 1.97. The summed E-state index contributed by atoms with van der Waals surface area (Å²) in [6.45, 7) is 4.36. The summed E-state index contributed by atoms with van der Waals surface area (Å²) in [6, 6.07) is 13.7. The fraction of sp³-hybridized carbons (Fsp3) is 0.263. The highest BCUT2D eigenvalue weighted by Crippen LogP contribution is 2.20. The molecule has 118 valence electrons. The van der Waals surface area contributed by atoms with E-state index in [1.165, 1.54) is 11.1 Å². The van der Waals surface area contributed by atoms with Gasteiger partial charge in [-0.25, -0.2) is 9.78 Å². The zero-order valence-corrected chi connectivity index (χ0v) is 13.6. The van der Waals surface area contributed by atoms with E-state index in [-0.39, 0.29) is 5.56 Å². The third kappa shape index (κ3) is 2.97. The lowest BCUT2D eigenvalue weighted by atomic mass is 10.0. The summed E-state index contributed by atoms with van der Waals surface area (Å²) in [4.78, 5) is 15.7. The number of fused-ring (bicyclic) bond motifs is 1. The topological polar surface area (TPSA) is 55.1 Å². The molecule has 0 atom stereocenters. The quantitative estimate of drug-likeness (QED) is 0.793. The standard InChI is InChI=1S/C19H20N2O2/c1-12(2)14-6-4-13(5-7-14)10-18-20-16-11-15(19(22)23)8-9-17(16)21(18)3/h4-9,11-12H,10H2,1-3H3,(H,22,23). The number of nitrogens with zero attached hydrogens (tertiary/aromatic N) is 2. The Balaban J connectivity index is 1.93. The molecule has 0 aliphatic rings. The van der Waals surface area contributed by atoms with Crippen LogP contribution in [0.1, 0.15) is 47.1 Å². The van der Waals surface area contributed by atoms with E-state index in [1.54, 1.807) is 12.1 Å². The van der Waals surface area contributed by atoms with Gasteiger partial charge in [-0.15, -0.1) is 0 Å². The predicted molar refractivity (Wildman–Crippen MR) is 91.0 cm³/mol. The van der Waals surface area contributed by atoms with E-state index in [4.69, 9.17) is 5.11 Å². The SMILES string of the molecule is CC(C)c1ccc(Cc2nc3cc(C(=O)O)ccc3n2C)cc1. The Morgan fingerprint density at radius 2 is 1.87 bits per heavy atom. The number of imidazole rings is 1. The normalized spacial score (nSPS) is 11.3. The average molecular weight is 308 g/mol. The third-order valence-electron chi connectivity index (χ3n) is 4.23. The molecule has 2 aromatic carbocycles. The van der Waals surface area contributed by atoms with Crippen molar-refractivity contribution in [3.63, 3.8) is 0 Å². The molecule has 0 saturated heterocycles. The van der Waals surface area contributed by atoms with E-state index in [0.717, 1.165) is 23.3 Å². The van der Waals surface area contributed by atoms with E-state index in [9.17, 15) is 4.79 Å². The molecule has 1 heterocycles. The molecule has 3 aromatic rings. The number of hydrogen-bond donors (Lipinski definition) is 1. The second-order valence-electron chi connectivity index (χ2n) is 6.17. The third-order valence-corrected chi connectivity index (χ3v) is 4.23. The molecule has 0 fully saturated rings. The first-order valence-corrected chi connectivity index (χ1v) is 7.73. The molecular weight excluding hydrogens is 288 g/mol. The van der Waals surface area contributed by atoms with Gasteiger partial charge in [0.1, 0.15) is 5.82 Å². The van der Waals surface area contributed by atoms with Gasteiger partial charge in [0.05, 0.1) is 16.6 Å². The van der Waals surface area contributed by atoms with E-state index in [1.807, 2.05) is 17.7 Å². The van der Waals surface area contributed by atoms with Crippen molar-refractivity contribution in [2.45, 2.75) is 26.2 Å². The van der Waals surface area contributed by atoms with E-state index in [2.05, 4.69) is 43.1 Å². The molecule has 0 unspecified atom stereocenters. The van der Waals surface area contributed by atoms with Crippen LogP contribution in [0.3, 0.4) is 0 Å². The van der Waals surface area contributed by atoms with Gasteiger partial charge >= 0.3 is 5.97 Å². The first-order chi connectivity index (χ1) is 11.0. The molecule has 0 spiro atoms. The van der Waals surface area contributed by atoms with Crippen molar-refractivity contribution in [2.75, 3.05) is 0 Å². The largest absolute Gasteiger partial charge is 0.478 e. The van der Waals surface area contributed by atoms with Crippen LogP contribution in [0.15, 0.2) is 42.5 Å². The first-order valence-electron chi connectivity index (χ1n) is 7.73. The molecule has 23 heavy (non-hydrogen) atoms. The molecule has 4 nitrogen and oxygen atoms in total. The predicted octanol–water partition coefficient (Wildman–Crippen LogP) is 3.99. The highest BCUT2D eigenvalue weighted by molar-refractivity contribution is 5.92. The van der Waals surface area contributed by atoms with Crippen LogP contribution in [-0.2, 0) is 13.5 Å². The molecule has 0 bridgehead atoms. The zero-order chi connectivity index (χ0) is 16.6. The monoisotopic (exact) mass is 308 g/mol. The molecule has 3 rings (SSSR count). The lowest BCUT2D eigenvalue weighted by molar-refractivity contribution is 0.0697. The number of hydrogen-bond acceptors (Lipinski definition) is 2. The van der Waals surface area contributed by atoms with Crippen molar-refractivity contribution < 1.29 is 9.90 Å². The lowest BCUT2D eigenvalue weighted by Crippen LogP contribution is -1.99. The van der Waals surface area contributed by atoms with Crippen molar-refractivity contribution in [3.8, 4) is 0 Å². The van der Waals surface area contributed by atoms with E-state index < -0.39 is 5.97 Å². The Kier molecular flexibility index (Phi) is 3.90. The molecule has 4 heteroatoms. The van der Waals surface area contributed by atoms with Crippen LogP contribution in [0.25, 0.3) is 11.0 Å². The van der Waals surface area contributed by atoms with Crippen molar-refractivity contribution in [2.24, 2.45) is 7.05 Å². The highest BCUT2D eigenvalue weighted by Gasteiger charge is 2.11. The van der Waals surface area contributed by atoms with Gasteiger partial charge in [0.15, 0.2) is 0 Å². The summed E-state index contributed by atoms with van der Waals surface area (Å²) in [5.41, 5.74) is 4.46. The fourth-order valence-electron chi connectivity index (χ4n) is 2.74. The zero-order valence-electron chi connectivity index (χ0n) is 13.6. The molecular formula is C19H20N2O2. The van der Waals surface area contributed by atoms with Gasteiger partial charge in [-0.05, 0) is 35.2 Å². The number of aromatic carboxylic acids is 1. The minimum Gasteiger partial charge on any atom is -0.478 e. The second-order valence-corrected chi connectivity index (χ2v) is 6.17. The average Bonchev–Trinajstić information content (AvgIpc) is 2.83. The van der Waals surface area contributed by atoms with E-state index in [0.29, 0.717) is 5.92 Å². The Labute approximate surface area is 135 Å². The van der Waals surface area contributed by atoms with Crippen LogP contribution >= 0.6 is 0 Å². The molecule has 1 N–H and O–H groups in total. The van der Waals surface area contributed by atoms with Crippen LogP contribution in [0.4, 0.5) is 0 Å². The maximum atomic E-state index is 11.1. The first kappa shape index (κ1) is 15.3. The van der Waals surface area contributed by atoms with E-state index >= 15 is 0 Å². The Morgan fingerprint density at radius 1 is 1.17 bits per heavy atom. The summed E-state index contributed by atoms with van der Waals surface area (Å²) in [5.74, 6) is 0.525. The number of benzene rings is 2. The molecule has 1 aromatic heterocycles. The number of carboxylic acids is 1. The Morgan fingerprint density at radius 3 is 2.48 bits per heavy atom. The summed E-state index contributed by atoms with van der Waals surface area (Å²) in [6.07, 6.45) is 0.728. The van der Waals surface area contributed by atoms with Gasteiger partial charge in [0.2, 0.25) is 0 Å². The molecule has 0 aliphatic carbocycles. The number of aryl methyl sites for hydroxylation is 1. The number of rotatable bonds is 4. The van der Waals surface area contributed by atoms with Crippen LogP contribution in [0, 0.1) is 0 Å². The second kappa shape index (κ2) is 5.88.